The number of rotatable bonds is 5. The number of carbonyl (C=O) groups excluding carboxylic acids is 1. The van der Waals surface area contributed by atoms with Gasteiger partial charge >= 0.3 is 0 Å². The Bertz CT molecular complexity index is 432. The second-order valence-corrected chi connectivity index (χ2v) is 4.63. The summed E-state index contributed by atoms with van der Waals surface area (Å²) in [7, 11) is 0. The van der Waals surface area contributed by atoms with Crippen LogP contribution in [0, 0.1) is 0 Å². The third-order valence-corrected chi connectivity index (χ3v) is 3.33. The molecule has 1 atom stereocenters. The van der Waals surface area contributed by atoms with E-state index < -0.39 is 0 Å². The molecule has 1 heterocycles. The number of carbonyl (C=O) groups is 1. The van der Waals surface area contributed by atoms with E-state index in [2.05, 4.69) is 12.2 Å². The van der Waals surface area contributed by atoms with Crippen molar-refractivity contribution >= 4 is 5.91 Å². The molecule has 3 N–H and O–H groups in total. The van der Waals surface area contributed by atoms with Crippen LogP contribution in [0.1, 0.15) is 41.3 Å². The highest BCUT2D eigenvalue weighted by atomic mass is 16.5. The zero-order valence-corrected chi connectivity index (χ0v) is 10.7. The number of amides is 1. The van der Waals surface area contributed by atoms with E-state index in [9.17, 15) is 4.79 Å². The van der Waals surface area contributed by atoms with Gasteiger partial charge in [0.15, 0.2) is 0 Å². The number of fused-ring (bicyclic) bond motifs is 1. The number of hydrogen-bond donors (Lipinski definition) is 2. The zero-order chi connectivity index (χ0) is 13.0. The number of nitrogens with two attached hydrogens (primary N) is 1. The van der Waals surface area contributed by atoms with Crippen molar-refractivity contribution in [2.75, 3.05) is 6.54 Å². The van der Waals surface area contributed by atoms with Gasteiger partial charge in [-0.15, -0.1) is 0 Å². The molecule has 1 amide bonds. The van der Waals surface area contributed by atoms with Crippen LogP contribution >= 0.6 is 0 Å². The molecule has 1 aromatic carbocycles. The van der Waals surface area contributed by atoms with Crippen molar-refractivity contribution in [1.29, 1.82) is 0 Å². The first-order valence-corrected chi connectivity index (χ1v) is 6.45. The van der Waals surface area contributed by atoms with E-state index in [4.69, 9.17) is 10.5 Å². The first kappa shape index (κ1) is 13.1. The minimum atomic E-state index is -0.0231. The average molecular weight is 248 g/mol. The van der Waals surface area contributed by atoms with E-state index in [1.165, 1.54) is 5.56 Å². The quantitative estimate of drug-likeness (QED) is 0.831. The molecule has 1 aliphatic heterocycles. The summed E-state index contributed by atoms with van der Waals surface area (Å²) in [5.74, 6) is -0.0231. The number of nitrogens with one attached hydrogen (secondary N) is 1. The van der Waals surface area contributed by atoms with E-state index in [1.807, 2.05) is 18.2 Å². The van der Waals surface area contributed by atoms with E-state index in [-0.39, 0.29) is 11.9 Å². The summed E-state index contributed by atoms with van der Waals surface area (Å²) >= 11 is 0. The van der Waals surface area contributed by atoms with Crippen molar-refractivity contribution in [2.45, 2.75) is 39.0 Å². The van der Waals surface area contributed by atoms with Gasteiger partial charge in [-0.1, -0.05) is 13.0 Å². The third-order valence-electron chi connectivity index (χ3n) is 3.33. The molecule has 18 heavy (non-hydrogen) atoms. The summed E-state index contributed by atoms with van der Waals surface area (Å²) in [6.45, 7) is 3.91. The molecule has 1 unspecified atom stereocenters. The molecule has 0 aromatic heterocycles. The fraction of sp³-hybridized carbons (Fsp3) is 0.500. The van der Waals surface area contributed by atoms with E-state index in [0.717, 1.165) is 18.4 Å². The first-order valence-electron chi connectivity index (χ1n) is 6.45. The first-order chi connectivity index (χ1) is 8.74. The lowest BCUT2D eigenvalue weighted by Gasteiger charge is -2.16. The van der Waals surface area contributed by atoms with Crippen molar-refractivity contribution in [1.82, 2.24) is 5.32 Å². The smallest absolute Gasteiger partial charge is 0.251 e. The van der Waals surface area contributed by atoms with E-state index in [1.54, 1.807) is 0 Å². The SMILES string of the molecule is CCC(CCN)NC(=O)c1ccc2c(c1)COC2. The van der Waals surface area contributed by atoms with Crippen molar-refractivity contribution in [3.63, 3.8) is 0 Å². The molecule has 1 aliphatic rings. The van der Waals surface area contributed by atoms with Gasteiger partial charge in [-0.3, -0.25) is 4.79 Å². The Morgan fingerprint density at radius 3 is 2.94 bits per heavy atom. The van der Waals surface area contributed by atoms with Crippen LogP contribution in [0.4, 0.5) is 0 Å². The van der Waals surface area contributed by atoms with Gasteiger partial charge in [-0.2, -0.15) is 0 Å². The summed E-state index contributed by atoms with van der Waals surface area (Å²) in [6, 6.07) is 5.92. The molecule has 0 saturated heterocycles. The topological polar surface area (TPSA) is 64.3 Å². The average Bonchev–Trinajstić information content (AvgIpc) is 2.85. The van der Waals surface area contributed by atoms with Crippen LogP contribution in [0.5, 0.6) is 0 Å². The summed E-state index contributed by atoms with van der Waals surface area (Å²) in [6.07, 6.45) is 1.72. The molecule has 98 valence electrons. The Morgan fingerprint density at radius 1 is 1.44 bits per heavy atom. The molecule has 1 aromatic rings. The van der Waals surface area contributed by atoms with Crippen LogP contribution in [0.3, 0.4) is 0 Å². The van der Waals surface area contributed by atoms with Crippen LogP contribution in [-0.2, 0) is 18.0 Å². The van der Waals surface area contributed by atoms with Crippen LogP contribution in [-0.4, -0.2) is 18.5 Å². The molecule has 0 radical (unpaired) electrons. The minimum Gasteiger partial charge on any atom is -0.372 e. The highest BCUT2D eigenvalue weighted by Gasteiger charge is 2.16. The van der Waals surface area contributed by atoms with Gasteiger partial charge in [-0.05, 0) is 42.6 Å². The van der Waals surface area contributed by atoms with Gasteiger partial charge in [0.05, 0.1) is 13.2 Å². The normalized spacial score (nSPS) is 15.2. The maximum atomic E-state index is 12.1. The molecule has 0 bridgehead atoms. The van der Waals surface area contributed by atoms with Gasteiger partial charge < -0.3 is 15.8 Å². The van der Waals surface area contributed by atoms with Crippen LogP contribution in [0.15, 0.2) is 18.2 Å². The van der Waals surface area contributed by atoms with Crippen LogP contribution in [0.25, 0.3) is 0 Å². The third kappa shape index (κ3) is 2.89. The van der Waals surface area contributed by atoms with E-state index >= 15 is 0 Å². The number of ether oxygens (including phenoxy) is 1. The molecule has 0 aliphatic carbocycles. The highest BCUT2D eigenvalue weighted by Crippen LogP contribution is 2.20. The van der Waals surface area contributed by atoms with Crippen molar-refractivity contribution < 1.29 is 9.53 Å². The predicted octanol–water partition coefficient (Wildman–Crippen LogP) is 1.57. The maximum absolute atomic E-state index is 12.1. The van der Waals surface area contributed by atoms with Crippen molar-refractivity contribution in [2.24, 2.45) is 5.73 Å². The predicted molar refractivity (Wildman–Crippen MR) is 70.2 cm³/mol. The largest absolute Gasteiger partial charge is 0.372 e. The second-order valence-electron chi connectivity index (χ2n) is 4.63. The molecule has 4 nitrogen and oxygen atoms in total. The van der Waals surface area contributed by atoms with Gasteiger partial charge in [0, 0.05) is 11.6 Å². The Balaban J connectivity index is 2.04. The standard InChI is InChI=1S/C14H20N2O2/c1-2-13(5-6-15)16-14(17)10-3-4-11-8-18-9-12(11)7-10/h3-4,7,13H,2,5-6,8-9,15H2,1H3,(H,16,17). The highest BCUT2D eigenvalue weighted by molar-refractivity contribution is 5.94. The second kappa shape index (κ2) is 5.98. The monoisotopic (exact) mass is 248 g/mol. The van der Waals surface area contributed by atoms with Crippen molar-refractivity contribution in [3.05, 3.63) is 34.9 Å². The lowest BCUT2D eigenvalue weighted by Crippen LogP contribution is -2.35. The Labute approximate surface area is 108 Å². The molecular formula is C14H20N2O2. The zero-order valence-electron chi connectivity index (χ0n) is 10.7. The summed E-state index contributed by atoms with van der Waals surface area (Å²) in [5.41, 5.74) is 8.53. The minimum absolute atomic E-state index is 0.0231. The summed E-state index contributed by atoms with van der Waals surface area (Å²) < 4.78 is 5.34. The molecule has 0 spiro atoms. The lowest BCUT2D eigenvalue weighted by molar-refractivity contribution is 0.0934. The summed E-state index contributed by atoms with van der Waals surface area (Å²) in [5, 5.41) is 3.02. The van der Waals surface area contributed by atoms with Crippen LogP contribution < -0.4 is 11.1 Å². The number of benzene rings is 1. The van der Waals surface area contributed by atoms with Crippen molar-refractivity contribution in [3.8, 4) is 0 Å². The van der Waals surface area contributed by atoms with E-state index in [0.29, 0.717) is 25.3 Å². The summed E-state index contributed by atoms with van der Waals surface area (Å²) in [4.78, 5) is 12.1. The molecule has 0 saturated carbocycles. The lowest BCUT2D eigenvalue weighted by atomic mass is 10.0. The molecule has 0 fully saturated rings. The molecule has 2 rings (SSSR count). The fourth-order valence-electron chi connectivity index (χ4n) is 2.16. The van der Waals surface area contributed by atoms with Gasteiger partial charge in [0.25, 0.3) is 5.91 Å². The molecular weight excluding hydrogens is 228 g/mol. The Morgan fingerprint density at radius 2 is 2.22 bits per heavy atom. The van der Waals surface area contributed by atoms with Gasteiger partial charge in [0.2, 0.25) is 0 Å². The molecule has 4 heteroatoms. The fourth-order valence-corrected chi connectivity index (χ4v) is 2.16. The maximum Gasteiger partial charge on any atom is 0.251 e. The van der Waals surface area contributed by atoms with Gasteiger partial charge in [0.1, 0.15) is 0 Å². The van der Waals surface area contributed by atoms with Gasteiger partial charge in [-0.25, -0.2) is 0 Å². The Kier molecular flexibility index (Phi) is 4.33. The number of hydrogen-bond acceptors (Lipinski definition) is 3. The Hall–Kier alpha value is -1.39. The van der Waals surface area contributed by atoms with Crippen LogP contribution in [0.2, 0.25) is 0 Å².